The number of ether oxygens (including phenoxy) is 1. The zero-order valence-electron chi connectivity index (χ0n) is 16.5. The Morgan fingerprint density at radius 1 is 1.21 bits per heavy atom. The van der Waals surface area contributed by atoms with Gasteiger partial charge in [0.2, 0.25) is 11.8 Å². The van der Waals surface area contributed by atoms with Crippen molar-refractivity contribution in [3.8, 4) is 11.5 Å². The van der Waals surface area contributed by atoms with Crippen LogP contribution in [0.4, 0.5) is 10.3 Å². The van der Waals surface area contributed by atoms with E-state index in [-0.39, 0.29) is 5.82 Å². The Labute approximate surface area is 173 Å². The number of rotatable bonds is 7. The Kier molecular flexibility index (Phi) is 6.15. The van der Waals surface area contributed by atoms with Gasteiger partial charge in [0.05, 0.1) is 18.9 Å². The second-order valence-electron chi connectivity index (χ2n) is 7.33. The molecule has 4 rings (SSSR count). The van der Waals surface area contributed by atoms with Gasteiger partial charge < -0.3 is 14.1 Å². The standard InChI is InChI=1S/C20H24FN5O2S/c1-14(2)11-26-19(25-6-8-27-9-7-25)23-24-20(26)29-13-17-12-28-18(22-17)15-4-3-5-16(21)10-15/h3-5,10,12,14H,6-9,11,13H2,1-2H3. The van der Waals surface area contributed by atoms with Gasteiger partial charge in [-0.3, -0.25) is 4.57 Å². The minimum atomic E-state index is -0.311. The van der Waals surface area contributed by atoms with Crippen molar-refractivity contribution in [1.82, 2.24) is 19.7 Å². The SMILES string of the molecule is CC(C)Cn1c(SCc2coc(-c3cccc(F)c3)n2)nnc1N1CCOCC1. The van der Waals surface area contributed by atoms with Crippen molar-refractivity contribution in [2.24, 2.45) is 5.92 Å². The fraction of sp³-hybridized carbons (Fsp3) is 0.450. The maximum atomic E-state index is 13.4. The Morgan fingerprint density at radius 3 is 2.79 bits per heavy atom. The minimum absolute atomic E-state index is 0.311. The van der Waals surface area contributed by atoms with Crippen molar-refractivity contribution in [3.05, 3.63) is 42.0 Å². The van der Waals surface area contributed by atoms with Crippen LogP contribution in [0.5, 0.6) is 0 Å². The van der Waals surface area contributed by atoms with Crippen LogP contribution in [0, 0.1) is 11.7 Å². The van der Waals surface area contributed by atoms with Gasteiger partial charge in [-0.1, -0.05) is 31.7 Å². The molecule has 0 saturated carbocycles. The highest BCUT2D eigenvalue weighted by Crippen LogP contribution is 2.28. The van der Waals surface area contributed by atoms with E-state index in [1.165, 1.54) is 12.1 Å². The normalized spacial score (nSPS) is 14.7. The predicted octanol–water partition coefficient (Wildman–Crippen LogP) is 3.86. The van der Waals surface area contributed by atoms with Crippen molar-refractivity contribution in [2.45, 2.75) is 31.3 Å². The molecule has 0 amide bonds. The molecule has 0 radical (unpaired) electrons. The largest absolute Gasteiger partial charge is 0.444 e. The van der Waals surface area contributed by atoms with E-state index in [0.29, 0.717) is 36.3 Å². The molecule has 0 bridgehead atoms. The van der Waals surface area contributed by atoms with Gasteiger partial charge in [0, 0.05) is 31.0 Å². The molecule has 0 unspecified atom stereocenters. The summed E-state index contributed by atoms with van der Waals surface area (Å²) in [5.41, 5.74) is 1.40. The van der Waals surface area contributed by atoms with Gasteiger partial charge in [-0.15, -0.1) is 10.2 Å². The molecule has 0 atom stereocenters. The number of nitrogens with zero attached hydrogens (tertiary/aromatic N) is 5. The quantitative estimate of drug-likeness (QED) is 0.541. The van der Waals surface area contributed by atoms with E-state index in [1.54, 1.807) is 30.2 Å². The topological polar surface area (TPSA) is 69.2 Å². The van der Waals surface area contributed by atoms with Gasteiger partial charge in [0.1, 0.15) is 12.1 Å². The number of halogens is 1. The van der Waals surface area contributed by atoms with Crippen molar-refractivity contribution in [2.75, 3.05) is 31.2 Å². The molecule has 2 aromatic heterocycles. The van der Waals surface area contributed by atoms with E-state index in [9.17, 15) is 4.39 Å². The van der Waals surface area contributed by atoms with Crippen LogP contribution in [-0.2, 0) is 17.0 Å². The third-order valence-corrected chi connectivity index (χ3v) is 5.51. The minimum Gasteiger partial charge on any atom is -0.444 e. The number of oxazole rings is 1. The van der Waals surface area contributed by atoms with E-state index < -0.39 is 0 Å². The van der Waals surface area contributed by atoms with Crippen LogP contribution in [0.1, 0.15) is 19.5 Å². The number of thioether (sulfide) groups is 1. The molecule has 0 spiro atoms. The summed E-state index contributed by atoms with van der Waals surface area (Å²) >= 11 is 1.57. The lowest BCUT2D eigenvalue weighted by Gasteiger charge is -2.28. The summed E-state index contributed by atoms with van der Waals surface area (Å²) in [6.07, 6.45) is 1.61. The van der Waals surface area contributed by atoms with E-state index in [2.05, 4.69) is 38.5 Å². The van der Waals surface area contributed by atoms with Crippen LogP contribution < -0.4 is 4.90 Å². The maximum Gasteiger partial charge on any atom is 0.228 e. The fourth-order valence-corrected chi connectivity index (χ4v) is 4.00. The summed E-state index contributed by atoms with van der Waals surface area (Å²) in [4.78, 5) is 6.71. The summed E-state index contributed by atoms with van der Waals surface area (Å²) in [6.45, 7) is 8.26. The average Bonchev–Trinajstić information content (AvgIpc) is 3.34. The third kappa shape index (κ3) is 4.79. The van der Waals surface area contributed by atoms with Gasteiger partial charge in [0.25, 0.3) is 0 Å². The van der Waals surface area contributed by atoms with Crippen molar-refractivity contribution in [3.63, 3.8) is 0 Å². The van der Waals surface area contributed by atoms with Crippen LogP contribution >= 0.6 is 11.8 Å². The van der Waals surface area contributed by atoms with E-state index in [1.807, 2.05) is 0 Å². The van der Waals surface area contributed by atoms with E-state index in [0.717, 1.165) is 36.4 Å². The zero-order chi connectivity index (χ0) is 20.2. The second kappa shape index (κ2) is 8.96. The number of hydrogen-bond acceptors (Lipinski definition) is 7. The van der Waals surface area contributed by atoms with Crippen LogP contribution in [0.15, 0.2) is 40.1 Å². The highest BCUT2D eigenvalue weighted by molar-refractivity contribution is 7.98. The van der Waals surface area contributed by atoms with Crippen molar-refractivity contribution in [1.29, 1.82) is 0 Å². The van der Waals surface area contributed by atoms with Crippen molar-refractivity contribution < 1.29 is 13.5 Å². The van der Waals surface area contributed by atoms with Gasteiger partial charge in [-0.05, 0) is 24.1 Å². The molecule has 0 N–H and O–H groups in total. The Morgan fingerprint density at radius 2 is 2.03 bits per heavy atom. The first-order valence-electron chi connectivity index (χ1n) is 9.69. The van der Waals surface area contributed by atoms with E-state index in [4.69, 9.17) is 9.15 Å². The van der Waals surface area contributed by atoms with Crippen LogP contribution in [-0.4, -0.2) is 46.1 Å². The molecule has 0 aliphatic carbocycles. The number of aromatic nitrogens is 4. The van der Waals surface area contributed by atoms with Gasteiger partial charge in [0.15, 0.2) is 5.16 Å². The Hall–Kier alpha value is -2.39. The molecule has 1 aliphatic rings. The smallest absolute Gasteiger partial charge is 0.228 e. The number of anilines is 1. The summed E-state index contributed by atoms with van der Waals surface area (Å²) < 4.78 is 26.6. The predicted molar refractivity (Wildman–Crippen MR) is 109 cm³/mol. The summed E-state index contributed by atoms with van der Waals surface area (Å²) in [5.74, 6) is 2.06. The van der Waals surface area contributed by atoms with Crippen LogP contribution in [0.2, 0.25) is 0 Å². The number of morpholine rings is 1. The fourth-order valence-electron chi connectivity index (χ4n) is 3.18. The second-order valence-corrected chi connectivity index (χ2v) is 8.27. The van der Waals surface area contributed by atoms with Gasteiger partial charge in [-0.25, -0.2) is 9.37 Å². The Bertz CT molecular complexity index is 952. The van der Waals surface area contributed by atoms with Crippen LogP contribution in [0.25, 0.3) is 11.5 Å². The molecule has 29 heavy (non-hydrogen) atoms. The maximum absolute atomic E-state index is 13.4. The highest BCUT2D eigenvalue weighted by atomic mass is 32.2. The van der Waals surface area contributed by atoms with Crippen LogP contribution in [0.3, 0.4) is 0 Å². The first-order chi connectivity index (χ1) is 14.1. The number of benzene rings is 1. The third-order valence-electron chi connectivity index (χ3n) is 4.51. The molecular formula is C20H24FN5O2S. The molecule has 9 heteroatoms. The zero-order valence-corrected chi connectivity index (χ0v) is 17.4. The first kappa shape index (κ1) is 19.9. The summed E-state index contributed by atoms with van der Waals surface area (Å²) in [5, 5.41) is 9.72. The lowest BCUT2D eigenvalue weighted by molar-refractivity contribution is 0.121. The molecule has 154 valence electrons. The molecule has 3 aromatic rings. The summed E-state index contributed by atoms with van der Waals surface area (Å²) in [7, 11) is 0. The highest BCUT2D eigenvalue weighted by Gasteiger charge is 2.21. The monoisotopic (exact) mass is 417 g/mol. The lowest BCUT2D eigenvalue weighted by atomic mass is 10.2. The molecule has 1 fully saturated rings. The summed E-state index contributed by atoms with van der Waals surface area (Å²) in [6, 6.07) is 6.23. The lowest BCUT2D eigenvalue weighted by Crippen LogP contribution is -2.38. The molecular weight excluding hydrogens is 393 g/mol. The first-order valence-corrected chi connectivity index (χ1v) is 10.7. The average molecular weight is 418 g/mol. The molecule has 3 heterocycles. The molecule has 1 aromatic carbocycles. The molecule has 1 saturated heterocycles. The Balaban J connectivity index is 1.48. The van der Waals surface area contributed by atoms with Crippen molar-refractivity contribution >= 4 is 17.7 Å². The molecule has 1 aliphatic heterocycles. The van der Waals surface area contributed by atoms with E-state index >= 15 is 0 Å². The number of hydrogen-bond donors (Lipinski definition) is 0. The van der Waals surface area contributed by atoms with Gasteiger partial charge >= 0.3 is 0 Å². The van der Waals surface area contributed by atoms with Gasteiger partial charge in [-0.2, -0.15) is 0 Å². The molecule has 7 nitrogen and oxygen atoms in total.